The lowest BCUT2D eigenvalue weighted by Gasteiger charge is -2.08. The molecule has 0 bridgehead atoms. The lowest BCUT2D eigenvalue weighted by atomic mass is 10.1. The van der Waals surface area contributed by atoms with Gasteiger partial charge in [0.25, 0.3) is 0 Å². The third-order valence-corrected chi connectivity index (χ3v) is 3.78. The van der Waals surface area contributed by atoms with Crippen molar-refractivity contribution in [2.75, 3.05) is 7.11 Å². The molecule has 0 unspecified atom stereocenters. The number of methoxy groups -OCH3 is 1. The standard InChI is InChI=1S/C18H19NO/c1-3-14-7-9-15(10-8-14)13-19-12-11-16-17(19)5-4-6-18(16)20-2/h4-12H,3,13H2,1-2H3. The molecule has 3 aromatic rings. The van der Waals surface area contributed by atoms with Crippen LogP contribution in [0.25, 0.3) is 10.9 Å². The van der Waals surface area contributed by atoms with E-state index in [4.69, 9.17) is 4.74 Å². The van der Waals surface area contributed by atoms with E-state index >= 15 is 0 Å². The van der Waals surface area contributed by atoms with Crippen molar-refractivity contribution < 1.29 is 4.74 Å². The Balaban J connectivity index is 1.94. The van der Waals surface area contributed by atoms with Gasteiger partial charge in [-0.1, -0.05) is 37.3 Å². The Morgan fingerprint density at radius 2 is 1.70 bits per heavy atom. The Kier molecular flexibility index (Phi) is 3.46. The highest BCUT2D eigenvalue weighted by Gasteiger charge is 2.06. The molecule has 1 heterocycles. The van der Waals surface area contributed by atoms with Crippen LogP contribution in [0, 0.1) is 0 Å². The van der Waals surface area contributed by atoms with Gasteiger partial charge in [0.15, 0.2) is 0 Å². The van der Waals surface area contributed by atoms with Crippen LogP contribution in [0.4, 0.5) is 0 Å². The Labute approximate surface area is 119 Å². The molecule has 0 fully saturated rings. The van der Waals surface area contributed by atoms with E-state index in [0.717, 1.165) is 18.7 Å². The molecule has 0 N–H and O–H groups in total. The molecule has 0 aliphatic rings. The third-order valence-electron chi connectivity index (χ3n) is 3.78. The second kappa shape index (κ2) is 5.41. The van der Waals surface area contributed by atoms with Crippen LogP contribution in [-0.4, -0.2) is 11.7 Å². The van der Waals surface area contributed by atoms with Gasteiger partial charge in [-0.25, -0.2) is 0 Å². The molecule has 0 aliphatic heterocycles. The SMILES string of the molecule is CCc1ccc(Cn2ccc3c(OC)cccc32)cc1. The third kappa shape index (κ3) is 2.29. The van der Waals surface area contributed by atoms with Crippen LogP contribution in [0.3, 0.4) is 0 Å². The Hall–Kier alpha value is -2.22. The number of fused-ring (bicyclic) bond motifs is 1. The average molecular weight is 265 g/mol. The summed E-state index contributed by atoms with van der Waals surface area (Å²) in [6, 6.07) is 17.1. The van der Waals surface area contributed by atoms with Gasteiger partial charge in [-0.05, 0) is 35.7 Å². The van der Waals surface area contributed by atoms with Crippen LogP contribution in [0.15, 0.2) is 54.7 Å². The smallest absolute Gasteiger partial charge is 0.128 e. The zero-order chi connectivity index (χ0) is 13.9. The molecule has 102 valence electrons. The van der Waals surface area contributed by atoms with E-state index in [1.54, 1.807) is 7.11 Å². The first kappa shape index (κ1) is 12.8. The minimum atomic E-state index is 0.890. The predicted octanol–water partition coefficient (Wildman–Crippen LogP) is 4.26. The molecular formula is C18H19NO. The molecular weight excluding hydrogens is 246 g/mol. The molecule has 0 atom stereocenters. The summed E-state index contributed by atoms with van der Waals surface area (Å²) < 4.78 is 7.67. The molecule has 0 saturated heterocycles. The van der Waals surface area contributed by atoms with Gasteiger partial charge >= 0.3 is 0 Å². The minimum absolute atomic E-state index is 0.890. The number of nitrogens with zero attached hydrogens (tertiary/aromatic N) is 1. The average Bonchev–Trinajstić information content (AvgIpc) is 2.91. The van der Waals surface area contributed by atoms with Gasteiger partial charge in [-0.3, -0.25) is 0 Å². The van der Waals surface area contributed by atoms with Crippen LogP contribution in [0.2, 0.25) is 0 Å². The highest BCUT2D eigenvalue weighted by molar-refractivity contribution is 5.86. The van der Waals surface area contributed by atoms with Gasteiger partial charge < -0.3 is 9.30 Å². The second-order valence-corrected chi connectivity index (χ2v) is 5.01. The Morgan fingerprint density at radius 1 is 0.950 bits per heavy atom. The fourth-order valence-electron chi connectivity index (χ4n) is 2.59. The van der Waals surface area contributed by atoms with Gasteiger partial charge in [0, 0.05) is 18.1 Å². The highest BCUT2D eigenvalue weighted by Crippen LogP contribution is 2.26. The van der Waals surface area contributed by atoms with E-state index in [2.05, 4.69) is 54.1 Å². The first-order valence-electron chi connectivity index (χ1n) is 7.01. The van der Waals surface area contributed by atoms with Crippen molar-refractivity contribution in [3.05, 3.63) is 65.9 Å². The van der Waals surface area contributed by atoms with E-state index in [9.17, 15) is 0 Å². The van der Waals surface area contributed by atoms with Crippen molar-refractivity contribution >= 4 is 10.9 Å². The van der Waals surface area contributed by atoms with Gasteiger partial charge in [0.2, 0.25) is 0 Å². The number of benzene rings is 2. The summed E-state index contributed by atoms with van der Waals surface area (Å²) in [6.07, 6.45) is 3.21. The minimum Gasteiger partial charge on any atom is -0.496 e. The van der Waals surface area contributed by atoms with Crippen LogP contribution in [-0.2, 0) is 13.0 Å². The largest absolute Gasteiger partial charge is 0.496 e. The quantitative estimate of drug-likeness (QED) is 0.687. The normalized spacial score (nSPS) is 10.9. The fraction of sp³-hybridized carbons (Fsp3) is 0.222. The zero-order valence-electron chi connectivity index (χ0n) is 12.0. The van der Waals surface area contributed by atoms with Crippen molar-refractivity contribution in [3.8, 4) is 5.75 Å². The predicted molar refractivity (Wildman–Crippen MR) is 83.4 cm³/mol. The Morgan fingerprint density at radius 3 is 2.40 bits per heavy atom. The summed E-state index contributed by atoms with van der Waals surface area (Å²) in [7, 11) is 1.72. The van der Waals surface area contributed by atoms with Gasteiger partial charge in [0.05, 0.1) is 12.6 Å². The van der Waals surface area contributed by atoms with Crippen LogP contribution in [0.1, 0.15) is 18.1 Å². The van der Waals surface area contributed by atoms with Gasteiger partial charge in [-0.15, -0.1) is 0 Å². The van der Waals surface area contributed by atoms with E-state index in [-0.39, 0.29) is 0 Å². The number of aryl methyl sites for hydroxylation is 1. The lowest BCUT2D eigenvalue weighted by Crippen LogP contribution is -1.98. The van der Waals surface area contributed by atoms with Crippen molar-refractivity contribution in [2.24, 2.45) is 0 Å². The first-order valence-corrected chi connectivity index (χ1v) is 7.01. The lowest BCUT2D eigenvalue weighted by molar-refractivity contribution is 0.420. The fourth-order valence-corrected chi connectivity index (χ4v) is 2.59. The molecule has 2 heteroatoms. The Bertz CT molecular complexity index is 710. The number of aromatic nitrogens is 1. The summed E-state index contributed by atoms with van der Waals surface area (Å²) in [4.78, 5) is 0. The van der Waals surface area contributed by atoms with Crippen LogP contribution < -0.4 is 4.74 Å². The monoisotopic (exact) mass is 265 g/mol. The second-order valence-electron chi connectivity index (χ2n) is 5.01. The van der Waals surface area contributed by atoms with Gasteiger partial charge in [-0.2, -0.15) is 0 Å². The van der Waals surface area contributed by atoms with Crippen LogP contribution >= 0.6 is 0 Å². The number of hydrogen-bond donors (Lipinski definition) is 0. The van der Waals surface area contributed by atoms with E-state index in [0.29, 0.717) is 0 Å². The molecule has 0 amide bonds. The van der Waals surface area contributed by atoms with E-state index in [1.165, 1.54) is 22.0 Å². The van der Waals surface area contributed by atoms with E-state index in [1.807, 2.05) is 12.1 Å². The maximum absolute atomic E-state index is 5.41. The highest BCUT2D eigenvalue weighted by atomic mass is 16.5. The molecule has 20 heavy (non-hydrogen) atoms. The van der Waals surface area contributed by atoms with E-state index < -0.39 is 0 Å². The number of rotatable bonds is 4. The summed E-state index contributed by atoms with van der Waals surface area (Å²) in [6.45, 7) is 3.07. The summed E-state index contributed by atoms with van der Waals surface area (Å²) >= 11 is 0. The molecule has 2 aromatic carbocycles. The molecule has 2 nitrogen and oxygen atoms in total. The molecule has 1 aromatic heterocycles. The van der Waals surface area contributed by atoms with Crippen molar-refractivity contribution in [2.45, 2.75) is 19.9 Å². The zero-order valence-corrected chi connectivity index (χ0v) is 12.0. The summed E-state index contributed by atoms with van der Waals surface area (Å²) in [5, 5.41) is 1.17. The summed E-state index contributed by atoms with van der Waals surface area (Å²) in [5.41, 5.74) is 3.92. The van der Waals surface area contributed by atoms with Crippen molar-refractivity contribution in [1.82, 2.24) is 4.57 Å². The maximum Gasteiger partial charge on any atom is 0.128 e. The van der Waals surface area contributed by atoms with Gasteiger partial charge in [0.1, 0.15) is 5.75 Å². The van der Waals surface area contributed by atoms with Crippen LogP contribution in [0.5, 0.6) is 5.75 Å². The maximum atomic E-state index is 5.41. The molecule has 0 radical (unpaired) electrons. The summed E-state index contributed by atoms with van der Waals surface area (Å²) in [5.74, 6) is 0.933. The van der Waals surface area contributed by atoms with Crippen molar-refractivity contribution in [3.63, 3.8) is 0 Å². The molecule has 0 saturated carbocycles. The number of hydrogen-bond acceptors (Lipinski definition) is 1. The molecule has 0 spiro atoms. The first-order chi connectivity index (χ1) is 9.81. The van der Waals surface area contributed by atoms with Crippen molar-refractivity contribution in [1.29, 1.82) is 0 Å². The number of ether oxygens (including phenoxy) is 1. The topological polar surface area (TPSA) is 14.2 Å². The molecule has 3 rings (SSSR count). The molecule has 0 aliphatic carbocycles.